The van der Waals surface area contributed by atoms with Gasteiger partial charge in [-0.1, -0.05) is 18.2 Å². The molecule has 0 radical (unpaired) electrons. The van der Waals surface area contributed by atoms with Gasteiger partial charge in [0.25, 0.3) is 0 Å². The van der Waals surface area contributed by atoms with Gasteiger partial charge < -0.3 is 15.2 Å². The van der Waals surface area contributed by atoms with Crippen molar-refractivity contribution in [2.45, 2.75) is 26.4 Å². The topological polar surface area (TPSA) is 73.6 Å². The number of carbonyl (C=O) groups is 1. The smallest absolute Gasteiger partial charge is 0.412 e. The fourth-order valence-corrected chi connectivity index (χ4v) is 2.15. The predicted octanol–water partition coefficient (Wildman–Crippen LogP) is 4.43. The minimum absolute atomic E-state index is 0.155. The van der Waals surface area contributed by atoms with Crippen molar-refractivity contribution in [3.05, 3.63) is 42.2 Å². The highest BCUT2D eigenvalue weighted by atomic mass is 19.1. The molecule has 0 aliphatic carbocycles. The van der Waals surface area contributed by atoms with Gasteiger partial charge in [-0.3, -0.25) is 5.32 Å². The fourth-order valence-electron chi connectivity index (χ4n) is 2.15. The maximum Gasteiger partial charge on any atom is 0.412 e. The summed E-state index contributed by atoms with van der Waals surface area (Å²) in [4.78, 5) is 11.8. The highest BCUT2D eigenvalue weighted by Gasteiger charge is 2.17. The molecule has 0 aliphatic rings. The lowest BCUT2D eigenvalue weighted by atomic mass is 10.0. The number of nitrogen functional groups attached to an aromatic ring is 1. The van der Waals surface area contributed by atoms with Gasteiger partial charge in [0.05, 0.1) is 18.5 Å². The average Bonchev–Trinajstić information content (AvgIpc) is 2.48. The van der Waals surface area contributed by atoms with Gasteiger partial charge in [0.15, 0.2) is 11.6 Å². The SMILES string of the molecule is COc1cccc(-c2ccc(NC(=O)OC(C)(C)C)c(N)c2)c1F. The number of carbonyl (C=O) groups excluding carboxylic acids is 1. The number of methoxy groups -OCH3 is 1. The van der Waals surface area contributed by atoms with Gasteiger partial charge in [0.2, 0.25) is 0 Å². The van der Waals surface area contributed by atoms with Crippen LogP contribution >= 0.6 is 0 Å². The third-order valence-electron chi connectivity index (χ3n) is 3.18. The first-order valence-electron chi connectivity index (χ1n) is 7.43. The molecule has 0 fully saturated rings. The van der Waals surface area contributed by atoms with E-state index in [-0.39, 0.29) is 5.75 Å². The Morgan fingerprint density at radius 2 is 1.92 bits per heavy atom. The van der Waals surface area contributed by atoms with Crippen molar-refractivity contribution in [3.8, 4) is 16.9 Å². The molecule has 2 rings (SSSR count). The zero-order chi connectivity index (χ0) is 17.9. The second-order valence-corrected chi connectivity index (χ2v) is 6.25. The Morgan fingerprint density at radius 1 is 1.21 bits per heavy atom. The first-order valence-corrected chi connectivity index (χ1v) is 7.43. The van der Waals surface area contributed by atoms with Crippen molar-refractivity contribution in [2.24, 2.45) is 0 Å². The minimum Gasteiger partial charge on any atom is -0.494 e. The maximum atomic E-state index is 14.3. The monoisotopic (exact) mass is 332 g/mol. The summed E-state index contributed by atoms with van der Waals surface area (Å²) in [5.74, 6) is -0.311. The van der Waals surface area contributed by atoms with Crippen molar-refractivity contribution in [3.63, 3.8) is 0 Å². The molecule has 0 bridgehead atoms. The molecule has 0 saturated heterocycles. The van der Waals surface area contributed by atoms with Crippen LogP contribution in [-0.2, 0) is 4.74 Å². The highest BCUT2D eigenvalue weighted by Crippen LogP contribution is 2.32. The number of amides is 1. The summed E-state index contributed by atoms with van der Waals surface area (Å²) in [7, 11) is 1.41. The van der Waals surface area contributed by atoms with Crippen LogP contribution in [0, 0.1) is 5.82 Å². The number of ether oxygens (including phenoxy) is 2. The van der Waals surface area contributed by atoms with E-state index in [0.29, 0.717) is 22.5 Å². The normalized spacial score (nSPS) is 11.0. The van der Waals surface area contributed by atoms with Crippen LogP contribution in [0.5, 0.6) is 5.75 Å². The van der Waals surface area contributed by atoms with E-state index < -0.39 is 17.5 Å². The highest BCUT2D eigenvalue weighted by molar-refractivity contribution is 5.90. The molecule has 0 aliphatic heterocycles. The van der Waals surface area contributed by atoms with Crippen molar-refractivity contribution in [1.29, 1.82) is 0 Å². The quantitative estimate of drug-likeness (QED) is 0.816. The van der Waals surface area contributed by atoms with E-state index in [2.05, 4.69) is 5.32 Å². The summed E-state index contributed by atoms with van der Waals surface area (Å²) in [5, 5.41) is 2.58. The molecule has 0 atom stereocenters. The molecular formula is C18H21FN2O3. The molecule has 0 unspecified atom stereocenters. The van der Waals surface area contributed by atoms with Gasteiger partial charge in [-0.25, -0.2) is 9.18 Å². The number of nitrogens with one attached hydrogen (secondary N) is 1. The van der Waals surface area contributed by atoms with E-state index in [4.69, 9.17) is 15.2 Å². The molecule has 0 heterocycles. The zero-order valence-electron chi connectivity index (χ0n) is 14.1. The maximum absolute atomic E-state index is 14.3. The molecule has 3 N–H and O–H groups in total. The second kappa shape index (κ2) is 6.78. The summed E-state index contributed by atoms with van der Waals surface area (Å²) in [6, 6.07) is 9.73. The van der Waals surface area contributed by atoms with Crippen LogP contribution in [0.4, 0.5) is 20.6 Å². The lowest BCUT2D eigenvalue weighted by Crippen LogP contribution is -2.27. The van der Waals surface area contributed by atoms with E-state index in [1.165, 1.54) is 7.11 Å². The molecule has 0 saturated carbocycles. The Morgan fingerprint density at radius 3 is 2.50 bits per heavy atom. The van der Waals surface area contributed by atoms with Crippen molar-refractivity contribution < 1.29 is 18.7 Å². The second-order valence-electron chi connectivity index (χ2n) is 6.25. The molecule has 0 spiro atoms. The predicted molar refractivity (Wildman–Crippen MR) is 92.7 cm³/mol. The molecule has 2 aromatic rings. The van der Waals surface area contributed by atoms with E-state index in [1.54, 1.807) is 57.2 Å². The lowest BCUT2D eigenvalue weighted by Gasteiger charge is -2.20. The summed E-state index contributed by atoms with van der Waals surface area (Å²) >= 11 is 0. The minimum atomic E-state index is -0.609. The third-order valence-corrected chi connectivity index (χ3v) is 3.18. The van der Waals surface area contributed by atoms with Crippen LogP contribution in [-0.4, -0.2) is 18.8 Å². The molecule has 2 aromatic carbocycles. The van der Waals surface area contributed by atoms with Crippen molar-refractivity contribution >= 4 is 17.5 Å². The lowest BCUT2D eigenvalue weighted by molar-refractivity contribution is 0.0636. The van der Waals surface area contributed by atoms with Crippen molar-refractivity contribution in [2.75, 3.05) is 18.2 Å². The standard InChI is InChI=1S/C18H21FN2O3/c1-18(2,3)24-17(22)21-14-9-8-11(10-13(14)20)12-6-5-7-15(23-4)16(12)19/h5-10H,20H2,1-4H3,(H,21,22). The molecule has 0 aromatic heterocycles. The van der Waals surface area contributed by atoms with Gasteiger partial charge in [0, 0.05) is 5.56 Å². The largest absolute Gasteiger partial charge is 0.494 e. The average molecular weight is 332 g/mol. The molecule has 24 heavy (non-hydrogen) atoms. The summed E-state index contributed by atoms with van der Waals surface area (Å²) in [6.45, 7) is 5.31. The number of anilines is 2. The van der Waals surface area contributed by atoms with Crippen LogP contribution in [0.2, 0.25) is 0 Å². The third kappa shape index (κ3) is 4.16. The van der Waals surface area contributed by atoms with Crippen LogP contribution in [0.15, 0.2) is 36.4 Å². The number of hydrogen-bond donors (Lipinski definition) is 2. The molecule has 128 valence electrons. The number of nitrogens with two attached hydrogens (primary N) is 1. The Balaban J connectivity index is 2.26. The molecule has 1 amide bonds. The Kier molecular flexibility index (Phi) is 4.97. The first-order chi connectivity index (χ1) is 11.2. The number of halogens is 1. The van der Waals surface area contributed by atoms with Gasteiger partial charge in [-0.05, 0) is 44.5 Å². The van der Waals surface area contributed by atoms with Crippen LogP contribution in [0.1, 0.15) is 20.8 Å². The van der Waals surface area contributed by atoms with Crippen molar-refractivity contribution in [1.82, 2.24) is 0 Å². The summed E-state index contributed by atoms with van der Waals surface area (Å²) in [5.41, 5.74) is 7.01. The van der Waals surface area contributed by atoms with Gasteiger partial charge >= 0.3 is 6.09 Å². The van der Waals surface area contributed by atoms with E-state index in [9.17, 15) is 9.18 Å². The van der Waals surface area contributed by atoms with Crippen LogP contribution in [0.25, 0.3) is 11.1 Å². The van der Waals surface area contributed by atoms with Crippen LogP contribution < -0.4 is 15.8 Å². The van der Waals surface area contributed by atoms with Gasteiger partial charge in [-0.15, -0.1) is 0 Å². The zero-order valence-corrected chi connectivity index (χ0v) is 14.1. The molecule has 5 nitrogen and oxygen atoms in total. The fraction of sp³-hybridized carbons (Fsp3) is 0.278. The van der Waals surface area contributed by atoms with Gasteiger partial charge in [-0.2, -0.15) is 0 Å². The summed E-state index contributed by atoms with van der Waals surface area (Å²) in [6.07, 6.45) is -0.602. The van der Waals surface area contributed by atoms with Crippen LogP contribution in [0.3, 0.4) is 0 Å². The first kappa shape index (κ1) is 17.6. The number of hydrogen-bond acceptors (Lipinski definition) is 4. The Hall–Kier alpha value is -2.76. The van der Waals surface area contributed by atoms with E-state index >= 15 is 0 Å². The molecule has 6 heteroatoms. The Labute approximate surface area is 140 Å². The Bertz CT molecular complexity index is 754. The number of benzene rings is 2. The van der Waals surface area contributed by atoms with E-state index in [1.807, 2.05) is 0 Å². The molecular weight excluding hydrogens is 311 g/mol. The van der Waals surface area contributed by atoms with Gasteiger partial charge in [0.1, 0.15) is 5.60 Å². The van der Waals surface area contributed by atoms with E-state index in [0.717, 1.165) is 0 Å². The summed E-state index contributed by atoms with van der Waals surface area (Å²) < 4.78 is 24.5. The number of rotatable bonds is 3.